The minimum absolute atomic E-state index is 0.154. The first-order valence-electron chi connectivity index (χ1n) is 9.26. The second-order valence-electron chi connectivity index (χ2n) is 6.46. The number of rotatable bonds is 8. The topological polar surface area (TPSA) is 90.6 Å². The van der Waals surface area contributed by atoms with Crippen molar-refractivity contribution in [2.24, 2.45) is 12.1 Å². The zero-order valence-electron chi connectivity index (χ0n) is 17.5. The zero-order chi connectivity index (χ0) is 22.4. The van der Waals surface area contributed by atoms with Crippen LogP contribution in [0.15, 0.2) is 57.2 Å². The van der Waals surface area contributed by atoms with E-state index in [-0.39, 0.29) is 11.7 Å². The Morgan fingerprint density at radius 2 is 2.00 bits per heavy atom. The van der Waals surface area contributed by atoms with Crippen molar-refractivity contribution in [2.45, 2.75) is 12.1 Å². The molecule has 10 heteroatoms. The summed E-state index contributed by atoms with van der Waals surface area (Å²) in [7, 11) is 5.03. The van der Waals surface area contributed by atoms with E-state index in [0.29, 0.717) is 22.4 Å². The van der Waals surface area contributed by atoms with E-state index in [1.165, 1.54) is 11.8 Å². The number of nitrogens with one attached hydrogen (secondary N) is 1. The van der Waals surface area contributed by atoms with Gasteiger partial charge >= 0.3 is 0 Å². The molecule has 0 bridgehead atoms. The number of benzene rings is 2. The van der Waals surface area contributed by atoms with E-state index in [9.17, 15) is 4.79 Å². The van der Waals surface area contributed by atoms with Crippen LogP contribution in [0.1, 0.15) is 12.5 Å². The van der Waals surface area contributed by atoms with Gasteiger partial charge in [-0.15, -0.1) is 10.2 Å². The second kappa shape index (κ2) is 10.5. The molecule has 1 aromatic heterocycles. The standard InChI is InChI=1S/C21H22BrN5O3S/c1-13(17-9-8-16(29-3)11-18(17)30-4)23-24-19(28)12-31-21-26-25-20(27(21)2)14-6-5-7-15(22)10-14/h5-11H,12H2,1-4H3,(H,24,28)/b23-13-. The number of nitrogens with zero attached hydrogens (tertiary/aromatic N) is 4. The Balaban J connectivity index is 1.62. The highest BCUT2D eigenvalue weighted by Gasteiger charge is 2.14. The third kappa shape index (κ3) is 5.65. The quantitative estimate of drug-likeness (QED) is 0.284. The van der Waals surface area contributed by atoms with Gasteiger partial charge in [-0.3, -0.25) is 4.79 Å². The predicted octanol–water partition coefficient (Wildman–Crippen LogP) is 3.89. The highest BCUT2D eigenvalue weighted by atomic mass is 79.9. The van der Waals surface area contributed by atoms with E-state index in [0.717, 1.165) is 21.4 Å². The number of thioether (sulfide) groups is 1. The molecule has 0 atom stereocenters. The van der Waals surface area contributed by atoms with E-state index in [4.69, 9.17) is 9.47 Å². The van der Waals surface area contributed by atoms with Gasteiger partial charge in [0, 0.05) is 28.7 Å². The lowest BCUT2D eigenvalue weighted by atomic mass is 10.1. The molecule has 3 rings (SSSR count). The SMILES string of the molecule is COc1ccc(/C(C)=N\NC(=O)CSc2nnc(-c3cccc(Br)c3)n2C)c(OC)c1. The molecule has 0 spiro atoms. The molecule has 3 aromatic rings. The average molecular weight is 504 g/mol. The first-order chi connectivity index (χ1) is 14.9. The number of hydrazone groups is 1. The summed E-state index contributed by atoms with van der Waals surface area (Å²) in [6.07, 6.45) is 0. The lowest BCUT2D eigenvalue weighted by molar-refractivity contribution is -0.118. The average Bonchev–Trinajstić information content (AvgIpc) is 3.15. The molecular weight excluding hydrogens is 482 g/mol. The van der Waals surface area contributed by atoms with E-state index in [2.05, 4.69) is 36.7 Å². The predicted molar refractivity (Wildman–Crippen MR) is 125 cm³/mol. The van der Waals surface area contributed by atoms with Gasteiger partial charge in [-0.05, 0) is 31.2 Å². The zero-order valence-corrected chi connectivity index (χ0v) is 20.0. The van der Waals surface area contributed by atoms with Crippen LogP contribution in [0.2, 0.25) is 0 Å². The van der Waals surface area contributed by atoms with Gasteiger partial charge in [-0.1, -0.05) is 39.8 Å². The summed E-state index contributed by atoms with van der Waals surface area (Å²) >= 11 is 4.75. The summed E-state index contributed by atoms with van der Waals surface area (Å²) in [5.41, 5.74) is 4.90. The molecule has 1 heterocycles. The maximum atomic E-state index is 12.3. The molecule has 0 unspecified atom stereocenters. The van der Waals surface area contributed by atoms with E-state index in [1.807, 2.05) is 48.0 Å². The Bertz CT molecular complexity index is 1120. The first-order valence-corrected chi connectivity index (χ1v) is 11.0. The molecule has 0 aliphatic carbocycles. The van der Waals surface area contributed by atoms with Crippen molar-refractivity contribution in [1.29, 1.82) is 0 Å². The van der Waals surface area contributed by atoms with Gasteiger partial charge in [0.25, 0.3) is 5.91 Å². The Kier molecular flexibility index (Phi) is 7.69. The molecule has 0 fully saturated rings. The molecule has 2 aromatic carbocycles. The van der Waals surface area contributed by atoms with Crippen LogP contribution in [0.5, 0.6) is 11.5 Å². The summed E-state index contributed by atoms with van der Waals surface area (Å²) in [5, 5.41) is 13.3. The van der Waals surface area contributed by atoms with E-state index in [1.54, 1.807) is 27.2 Å². The van der Waals surface area contributed by atoms with E-state index >= 15 is 0 Å². The van der Waals surface area contributed by atoms with Crippen molar-refractivity contribution in [3.05, 3.63) is 52.5 Å². The van der Waals surface area contributed by atoms with Crippen LogP contribution in [0.25, 0.3) is 11.4 Å². The van der Waals surface area contributed by atoms with Gasteiger partial charge in [0.2, 0.25) is 0 Å². The van der Waals surface area contributed by atoms with Crippen LogP contribution in [-0.4, -0.2) is 46.4 Å². The van der Waals surface area contributed by atoms with Crippen LogP contribution < -0.4 is 14.9 Å². The molecular formula is C21H22BrN5O3S. The molecule has 162 valence electrons. The van der Waals surface area contributed by atoms with Crippen LogP contribution in [0.4, 0.5) is 0 Å². The van der Waals surface area contributed by atoms with Crippen molar-refractivity contribution in [2.75, 3.05) is 20.0 Å². The summed E-state index contributed by atoms with van der Waals surface area (Å²) in [5.74, 6) is 1.93. The summed E-state index contributed by atoms with van der Waals surface area (Å²) < 4.78 is 13.4. The lowest BCUT2D eigenvalue weighted by Crippen LogP contribution is -2.21. The lowest BCUT2D eigenvalue weighted by Gasteiger charge is -2.10. The largest absolute Gasteiger partial charge is 0.497 e. The number of hydrogen-bond acceptors (Lipinski definition) is 7. The number of halogens is 1. The first kappa shape index (κ1) is 22.8. The molecule has 0 aliphatic rings. The minimum Gasteiger partial charge on any atom is -0.497 e. The molecule has 0 aliphatic heterocycles. The molecule has 0 saturated carbocycles. The normalized spacial score (nSPS) is 11.3. The van der Waals surface area contributed by atoms with Crippen molar-refractivity contribution in [1.82, 2.24) is 20.2 Å². The summed E-state index contributed by atoms with van der Waals surface area (Å²) in [6, 6.07) is 13.2. The van der Waals surface area contributed by atoms with Crippen LogP contribution in [0, 0.1) is 0 Å². The van der Waals surface area contributed by atoms with Crippen LogP contribution in [0.3, 0.4) is 0 Å². The highest BCUT2D eigenvalue weighted by molar-refractivity contribution is 9.10. The Hall–Kier alpha value is -2.85. The third-order valence-electron chi connectivity index (χ3n) is 4.40. The third-order valence-corrected chi connectivity index (χ3v) is 5.91. The minimum atomic E-state index is -0.246. The molecule has 0 saturated heterocycles. The maximum Gasteiger partial charge on any atom is 0.250 e. The van der Waals surface area contributed by atoms with Crippen molar-refractivity contribution in [3.63, 3.8) is 0 Å². The van der Waals surface area contributed by atoms with Gasteiger partial charge in [0.15, 0.2) is 11.0 Å². The van der Waals surface area contributed by atoms with Crippen LogP contribution >= 0.6 is 27.7 Å². The Morgan fingerprint density at radius 3 is 2.71 bits per heavy atom. The number of carbonyl (C=O) groups excluding carboxylic acids is 1. The fourth-order valence-corrected chi connectivity index (χ4v) is 3.89. The smallest absolute Gasteiger partial charge is 0.250 e. The summed E-state index contributed by atoms with van der Waals surface area (Å²) in [6.45, 7) is 1.80. The van der Waals surface area contributed by atoms with Gasteiger partial charge in [-0.2, -0.15) is 5.10 Å². The van der Waals surface area contributed by atoms with E-state index < -0.39 is 0 Å². The fourth-order valence-electron chi connectivity index (χ4n) is 2.79. The molecule has 8 nitrogen and oxygen atoms in total. The van der Waals surface area contributed by atoms with Crippen molar-refractivity contribution in [3.8, 4) is 22.9 Å². The monoisotopic (exact) mass is 503 g/mol. The second-order valence-corrected chi connectivity index (χ2v) is 8.32. The van der Waals surface area contributed by atoms with Gasteiger partial charge in [0.1, 0.15) is 11.5 Å². The van der Waals surface area contributed by atoms with Gasteiger partial charge < -0.3 is 14.0 Å². The fraction of sp³-hybridized carbons (Fsp3) is 0.238. The Labute approximate surface area is 193 Å². The van der Waals surface area contributed by atoms with Gasteiger partial charge in [-0.25, -0.2) is 5.43 Å². The number of hydrogen-bond donors (Lipinski definition) is 1. The molecule has 0 radical (unpaired) electrons. The number of carbonyl (C=O) groups is 1. The van der Waals surface area contributed by atoms with Crippen molar-refractivity contribution >= 4 is 39.3 Å². The van der Waals surface area contributed by atoms with Gasteiger partial charge in [0.05, 0.1) is 25.7 Å². The Morgan fingerprint density at radius 1 is 1.19 bits per heavy atom. The van der Waals surface area contributed by atoms with Crippen molar-refractivity contribution < 1.29 is 14.3 Å². The summed E-state index contributed by atoms with van der Waals surface area (Å²) in [4.78, 5) is 12.3. The highest BCUT2D eigenvalue weighted by Crippen LogP contribution is 2.26. The van der Waals surface area contributed by atoms with Crippen LogP contribution in [-0.2, 0) is 11.8 Å². The number of ether oxygens (including phenoxy) is 2. The molecule has 1 amide bonds. The number of methoxy groups -OCH3 is 2. The molecule has 31 heavy (non-hydrogen) atoms. The number of aromatic nitrogens is 3. The number of amides is 1. The molecule has 1 N–H and O–H groups in total. The maximum absolute atomic E-state index is 12.3.